The molecular formula is C21H21NO3. The second-order valence-electron chi connectivity index (χ2n) is 6.20. The largest absolute Gasteiger partial charge is 0.508 e. The molecule has 3 aromatic rings. The van der Waals surface area contributed by atoms with Gasteiger partial charge in [-0.05, 0) is 41.5 Å². The van der Waals surface area contributed by atoms with Crippen molar-refractivity contribution in [2.45, 2.75) is 13.0 Å². The van der Waals surface area contributed by atoms with E-state index in [1.165, 1.54) is 4.90 Å². The number of hydrogen-bond acceptors (Lipinski definition) is 3. The molecule has 25 heavy (non-hydrogen) atoms. The van der Waals surface area contributed by atoms with Crippen LogP contribution in [0.15, 0.2) is 60.7 Å². The van der Waals surface area contributed by atoms with Gasteiger partial charge in [-0.15, -0.1) is 0 Å². The van der Waals surface area contributed by atoms with Crippen LogP contribution in [0, 0.1) is 0 Å². The normalized spacial score (nSPS) is 12.0. The number of hydrogen-bond donors (Lipinski definition) is 1. The molecule has 3 aromatic carbocycles. The van der Waals surface area contributed by atoms with Gasteiger partial charge in [0.05, 0.1) is 0 Å². The fourth-order valence-electron chi connectivity index (χ4n) is 2.91. The smallest absolute Gasteiger partial charge is 0.262 e. The Morgan fingerprint density at radius 2 is 1.80 bits per heavy atom. The molecular weight excluding hydrogens is 314 g/mol. The van der Waals surface area contributed by atoms with Crippen molar-refractivity contribution in [3.8, 4) is 22.6 Å². The summed E-state index contributed by atoms with van der Waals surface area (Å²) >= 11 is 0. The summed E-state index contributed by atoms with van der Waals surface area (Å²) in [6, 6.07) is 18.9. The van der Waals surface area contributed by atoms with Gasteiger partial charge >= 0.3 is 0 Å². The highest BCUT2D eigenvalue weighted by Gasteiger charge is 2.20. The molecule has 128 valence electrons. The number of phenols is 1. The van der Waals surface area contributed by atoms with Gasteiger partial charge in [-0.2, -0.15) is 0 Å². The molecule has 4 heteroatoms. The highest BCUT2D eigenvalue weighted by molar-refractivity contribution is 6.00. The summed E-state index contributed by atoms with van der Waals surface area (Å²) in [5, 5.41) is 12.0. The maximum atomic E-state index is 12.2. The van der Waals surface area contributed by atoms with Gasteiger partial charge in [0.2, 0.25) is 0 Å². The molecule has 0 radical (unpaired) electrons. The molecule has 1 atom stereocenters. The van der Waals surface area contributed by atoms with E-state index in [1.807, 2.05) is 42.5 Å². The Balaban J connectivity index is 2.15. The average Bonchev–Trinajstić information content (AvgIpc) is 2.60. The van der Waals surface area contributed by atoms with Crippen LogP contribution in [-0.2, 0) is 4.79 Å². The Morgan fingerprint density at radius 3 is 2.52 bits per heavy atom. The van der Waals surface area contributed by atoms with Crippen molar-refractivity contribution in [2.24, 2.45) is 0 Å². The zero-order valence-electron chi connectivity index (χ0n) is 14.6. The lowest BCUT2D eigenvalue weighted by atomic mass is 9.97. The molecule has 0 saturated heterocycles. The fraction of sp³-hybridized carbons (Fsp3) is 0.190. The molecule has 0 saturated carbocycles. The van der Waals surface area contributed by atoms with Gasteiger partial charge in [0.1, 0.15) is 11.5 Å². The maximum absolute atomic E-state index is 12.2. The quantitative estimate of drug-likeness (QED) is 0.782. The highest BCUT2D eigenvalue weighted by Crippen LogP contribution is 2.38. The van der Waals surface area contributed by atoms with Crippen LogP contribution in [-0.4, -0.2) is 36.1 Å². The summed E-state index contributed by atoms with van der Waals surface area (Å²) < 4.78 is 6.00. The van der Waals surface area contributed by atoms with Gasteiger partial charge < -0.3 is 14.7 Å². The molecule has 0 aliphatic rings. The monoisotopic (exact) mass is 335 g/mol. The first-order valence-electron chi connectivity index (χ1n) is 8.16. The molecule has 0 bridgehead atoms. The summed E-state index contributed by atoms with van der Waals surface area (Å²) in [6.45, 7) is 1.74. The minimum absolute atomic E-state index is 0.102. The van der Waals surface area contributed by atoms with Crippen molar-refractivity contribution in [3.63, 3.8) is 0 Å². The number of likely N-dealkylation sites (N-methyl/N-ethyl adjacent to an activating group) is 1. The minimum atomic E-state index is -0.604. The fourth-order valence-corrected chi connectivity index (χ4v) is 2.91. The predicted molar refractivity (Wildman–Crippen MR) is 99.8 cm³/mol. The van der Waals surface area contributed by atoms with E-state index < -0.39 is 6.10 Å². The van der Waals surface area contributed by atoms with E-state index >= 15 is 0 Å². The van der Waals surface area contributed by atoms with Gasteiger partial charge in [0.25, 0.3) is 5.91 Å². The van der Waals surface area contributed by atoms with Crippen molar-refractivity contribution >= 4 is 16.7 Å². The van der Waals surface area contributed by atoms with E-state index in [1.54, 1.807) is 39.2 Å². The van der Waals surface area contributed by atoms with E-state index in [-0.39, 0.29) is 11.7 Å². The predicted octanol–water partition coefficient (Wildman–Crippen LogP) is 4.07. The molecule has 0 aliphatic carbocycles. The van der Waals surface area contributed by atoms with Crippen molar-refractivity contribution in [3.05, 3.63) is 60.7 Å². The number of ether oxygens (including phenoxy) is 1. The van der Waals surface area contributed by atoms with E-state index in [2.05, 4.69) is 0 Å². The Morgan fingerprint density at radius 1 is 1.04 bits per heavy atom. The number of phenolic OH excluding ortho intramolecular Hbond substituents is 1. The van der Waals surface area contributed by atoms with Gasteiger partial charge in [-0.1, -0.05) is 42.5 Å². The number of aromatic hydroxyl groups is 1. The molecule has 1 unspecified atom stereocenters. The van der Waals surface area contributed by atoms with Crippen molar-refractivity contribution in [1.29, 1.82) is 0 Å². The molecule has 0 heterocycles. The first kappa shape index (κ1) is 16.8. The summed E-state index contributed by atoms with van der Waals surface area (Å²) in [5.41, 5.74) is 1.71. The molecule has 1 amide bonds. The highest BCUT2D eigenvalue weighted by atomic mass is 16.5. The van der Waals surface area contributed by atoms with E-state index in [0.29, 0.717) is 5.75 Å². The van der Waals surface area contributed by atoms with Crippen LogP contribution in [0.1, 0.15) is 6.92 Å². The van der Waals surface area contributed by atoms with Crippen molar-refractivity contribution in [2.75, 3.05) is 14.1 Å². The lowest BCUT2D eigenvalue weighted by molar-refractivity contribution is -0.135. The molecule has 1 N–H and O–H groups in total. The second-order valence-corrected chi connectivity index (χ2v) is 6.20. The van der Waals surface area contributed by atoms with Crippen molar-refractivity contribution < 1.29 is 14.6 Å². The number of fused-ring (bicyclic) bond motifs is 1. The zero-order valence-corrected chi connectivity index (χ0v) is 14.6. The number of carbonyl (C=O) groups excluding carboxylic acids is 1. The first-order valence-corrected chi connectivity index (χ1v) is 8.16. The SMILES string of the molecule is CC(Oc1ccc2ccccc2c1-c1cccc(O)c1)C(=O)N(C)C. The second kappa shape index (κ2) is 6.85. The molecule has 0 aromatic heterocycles. The van der Waals surface area contributed by atoms with Gasteiger partial charge in [-0.25, -0.2) is 0 Å². The summed E-state index contributed by atoms with van der Waals surface area (Å²) in [6.07, 6.45) is -0.604. The topological polar surface area (TPSA) is 49.8 Å². The van der Waals surface area contributed by atoms with Crippen LogP contribution in [0.25, 0.3) is 21.9 Å². The van der Waals surface area contributed by atoms with Crippen LogP contribution in [0.3, 0.4) is 0 Å². The third-order valence-electron chi connectivity index (χ3n) is 4.12. The number of rotatable bonds is 4. The Kier molecular flexibility index (Phi) is 4.61. The van der Waals surface area contributed by atoms with E-state index in [4.69, 9.17) is 4.74 Å². The van der Waals surface area contributed by atoms with Gasteiger partial charge in [-0.3, -0.25) is 4.79 Å². The van der Waals surface area contributed by atoms with E-state index in [0.717, 1.165) is 21.9 Å². The maximum Gasteiger partial charge on any atom is 0.262 e. The van der Waals surface area contributed by atoms with Gasteiger partial charge in [0, 0.05) is 19.7 Å². The first-order chi connectivity index (χ1) is 12.0. The summed E-state index contributed by atoms with van der Waals surface area (Å²) in [7, 11) is 3.41. The number of carbonyl (C=O) groups is 1. The summed E-state index contributed by atoms with van der Waals surface area (Å²) in [4.78, 5) is 13.7. The standard InChI is InChI=1S/C21H21NO3/c1-14(21(24)22(2)3)25-19-12-11-15-7-4-5-10-18(15)20(19)16-8-6-9-17(23)13-16/h4-14,23H,1-3H3. The minimum Gasteiger partial charge on any atom is -0.508 e. The summed E-state index contributed by atoms with van der Waals surface area (Å²) in [5.74, 6) is 0.704. The molecule has 4 nitrogen and oxygen atoms in total. The molecule has 0 spiro atoms. The van der Waals surface area contributed by atoms with Crippen LogP contribution in [0.4, 0.5) is 0 Å². The van der Waals surface area contributed by atoms with Crippen LogP contribution >= 0.6 is 0 Å². The lowest BCUT2D eigenvalue weighted by Crippen LogP contribution is -2.35. The Hall–Kier alpha value is -3.01. The average molecular weight is 335 g/mol. The number of nitrogens with zero attached hydrogens (tertiary/aromatic N) is 1. The third-order valence-corrected chi connectivity index (χ3v) is 4.12. The molecule has 3 rings (SSSR count). The Labute approximate surface area is 147 Å². The van der Waals surface area contributed by atoms with Crippen molar-refractivity contribution in [1.82, 2.24) is 4.90 Å². The third kappa shape index (κ3) is 3.43. The molecule has 0 aliphatic heterocycles. The number of benzene rings is 3. The van der Waals surface area contributed by atoms with Crippen LogP contribution in [0.2, 0.25) is 0 Å². The van der Waals surface area contributed by atoms with Crippen LogP contribution < -0.4 is 4.74 Å². The van der Waals surface area contributed by atoms with Gasteiger partial charge in [0.15, 0.2) is 6.10 Å². The zero-order chi connectivity index (χ0) is 18.0. The number of amides is 1. The van der Waals surface area contributed by atoms with E-state index in [9.17, 15) is 9.90 Å². The van der Waals surface area contributed by atoms with Crippen LogP contribution in [0.5, 0.6) is 11.5 Å². The molecule has 0 fully saturated rings. The lowest BCUT2D eigenvalue weighted by Gasteiger charge is -2.21. The Bertz CT molecular complexity index is 918.